The van der Waals surface area contributed by atoms with Crippen molar-refractivity contribution in [3.05, 3.63) is 17.5 Å². The van der Waals surface area contributed by atoms with E-state index >= 15 is 0 Å². The van der Waals surface area contributed by atoms with Crippen molar-refractivity contribution < 1.29 is 4.79 Å². The van der Waals surface area contributed by atoms with Crippen LogP contribution < -0.4 is 11.1 Å². The van der Waals surface area contributed by atoms with Gasteiger partial charge in [-0.2, -0.15) is 0 Å². The number of carbonyl (C=O) groups is 1. The Morgan fingerprint density at radius 3 is 2.88 bits per heavy atom. The molecule has 0 aliphatic carbocycles. The second-order valence-electron chi connectivity index (χ2n) is 3.94. The first-order valence-corrected chi connectivity index (χ1v) is 5.42. The lowest BCUT2D eigenvalue weighted by Crippen LogP contribution is -2.36. The molecule has 0 radical (unpaired) electrons. The van der Waals surface area contributed by atoms with E-state index in [4.69, 9.17) is 17.3 Å². The summed E-state index contributed by atoms with van der Waals surface area (Å²) in [6.45, 7) is 4.02. The summed E-state index contributed by atoms with van der Waals surface area (Å²) in [6.07, 6.45) is 2.10. The molecule has 0 aliphatic heterocycles. The van der Waals surface area contributed by atoms with E-state index in [0.29, 0.717) is 18.2 Å². The third kappa shape index (κ3) is 4.12. The summed E-state index contributed by atoms with van der Waals surface area (Å²) in [5.74, 6) is 0.474. The number of nitrogens with two attached hydrogens (primary N) is 1. The molecule has 1 aromatic rings. The third-order valence-electron chi connectivity index (χ3n) is 1.94. The zero-order valence-corrected chi connectivity index (χ0v) is 10.0. The first-order chi connectivity index (χ1) is 7.49. The van der Waals surface area contributed by atoms with Crippen molar-refractivity contribution >= 4 is 23.3 Å². The second kappa shape index (κ2) is 5.77. The van der Waals surface area contributed by atoms with Crippen molar-refractivity contribution in [1.82, 2.24) is 9.97 Å². The van der Waals surface area contributed by atoms with E-state index in [0.717, 1.165) is 0 Å². The zero-order valence-electron chi connectivity index (χ0n) is 9.27. The molecule has 0 saturated carbocycles. The average molecular weight is 243 g/mol. The van der Waals surface area contributed by atoms with Crippen LogP contribution in [0.2, 0.25) is 5.28 Å². The molecule has 1 amide bonds. The highest BCUT2D eigenvalue weighted by atomic mass is 35.5. The largest absolute Gasteiger partial charge is 0.320 e. The smallest absolute Gasteiger partial charge is 0.242 e. The average Bonchev–Trinajstić information content (AvgIpc) is 2.16. The molecular weight excluding hydrogens is 228 g/mol. The Morgan fingerprint density at radius 2 is 2.31 bits per heavy atom. The Balaban J connectivity index is 2.57. The third-order valence-corrected chi connectivity index (χ3v) is 2.12. The summed E-state index contributed by atoms with van der Waals surface area (Å²) in [7, 11) is 0. The summed E-state index contributed by atoms with van der Waals surface area (Å²) in [5, 5.41) is 2.68. The number of nitrogens with one attached hydrogen (secondary N) is 1. The van der Waals surface area contributed by atoms with Crippen LogP contribution in [0.15, 0.2) is 12.3 Å². The Hall–Kier alpha value is -1.20. The highest BCUT2D eigenvalue weighted by Crippen LogP contribution is 2.08. The van der Waals surface area contributed by atoms with Crippen LogP contribution in [0, 0.1) is 5.92 Å². The normalized spacial score (nSPS) is 12.6. The van der Waals surface area contributed by atoms with Gasteiger partial charge in [-0.25, -0.2) is 9.97 Å². The maximum atomic E-state index is 11.6. The molecule has 0 saturated heterocycles. The van der Waals surface area contributed by atoms with Crippen LogP contribution in [0.4, 0.5) is 5.82 Å². The van der Waals surface area contributed by atoms with Crippen LogP contribution in [0.1, 0.15) is 20.3 Å². The van der Waals surface area contributed by atoms with Gasteiger partial charge in [0.05, 0.1) is 6.04 Å². The number of hydrogen-bond acceptors (Lipinski definition) is 4. The Labute approximate surface area is 99.4 Å². The molecule has 3 N–H and O–H groups in total. The fourth-order valence-electron chi connectivity index (χ4n) is 1.24. The van der Waals surface area contributed by atoms with E-state index < -0.39 is 6.04 Å². The van der Waals surface area contributed by atoms with Crippen molar-refractivity contribution in [1.29, 1.82) is 0 Å². The van der Waals surface area contributed by atoms with Gasteiger partial charge in [-0.1, -0.05) is 13.8 Å². The minimum Gasteiger partial charge on any atom is -0.320 e. The summed E-state index contributed by atoms with van der Waals surface area (Å²) in [4.78, 5) is 19.2. The molecule has 88 valence electrons. The number of aromatic nitrogens is 2. The van der Waals surface area contributed by atoms with Gasteiger partial charge in [-0.05, 0) is 30.0 Å². The van der Waals surface area contributed by atoms with Gasteiger partial charge < -0.3 is 11.1 Å². The van der Waals surface area contributed by atoms with E-state index in [1.807, 2.05) is 13.8 Å². The van der Waals surface area contributed by atoms with E-state index in [1.165, 1.54) is 6.20 Å². The molecule has 6 heteroatoms. The SMILES string of the molecule is CC(C)C[C@H](N)C(=O)Nc1ccnc(Cl)n1. The van der Waals surface area contributed by atoms with Gasteiger partial charge in [0.2, 0.25) is 11.2 Å². The van der Waals surface area contributed by atoms with E-state index in [1.54, 1.807) is 6.07 Å². The number of anilines is 1. The molecule has 5 nitrogen and oxygen atoms in total. The van der Waals surface area contributed by atoms with Crippen LogP contribution in [0.3, 0.4) is 0 Å². The van der Waals surface area contributed by atoms with Gasteiger partial charge >= 0.3 is 0 Å². The monoisotopic (exact) mass is 242 g/mol. The number of carbonyl (C=O) groups excluding carboxylic acids is 1. The predicted molar refractivity (Wildman–Crippen MR) is 63.1 cm³/mol. The molecule has 0 aromatic carbocycles. The van der Waals surface area contributed by atoms with Crippen LogP contribution in [-0.2, 0) is 4.79 Å². The summed E-state index contributed by atoms with van der Waals surface area (Å²) >= 11 is 5.59. The fourth-order valence-corrected chi connectivity index (χ4v) is 1.39. The summed E-state index contributed by atoms with van der Waals surface area (Å²) in [5.41, 5.74) is 5.72. The van der Waals surface area contributed by atoms with Crippen LogP contribution in [0.25, 0.3) is 0 Å². The Bertz CT molecular complexity index is 370. The molecular formula is C10H15ClN4O. The molecule has 0 aliphatic rings. The lowest BCUT2D eigenvalue weighted by Gasteiger charge is -2.13. The molecule has 0 spiro atoms. The van der Waals surface area contributed by atoms with Gasteiger partial charge in [0, 0.05) is 6.20 Å². The lowest BCUT2D eigenvalue weighted by molar-refractivity contribution is -0.117. The minimum absolute atomic E-state index is 0.0928. The number of hydrogen-bond donors (Lipinski definition) is 2. The van der Waals surface area contributed by atoms with Gasteiger partial charge in [0.1, 0.15) is 5.82 Å². The first-order valence-electron chi connectivity index (χ1n) is 5.04. The number of rotatable bonds is 4. The maximum absolute atomic E-state index is 11.6. The number of halogens is 1. The van der Waals surface area contributed by atoms with Gasteiger partial charge in [-0.3, -0.25) is 4.79 Å². The molecule has 16 heavy (non-hydrogen) atoms. The Kier molecular flexibility index (Phi) is 4.64. The lowest BCUT2D eigenvalue weighted by atomic mass is 10.0. The van der Waals surface area contributed by atoms with Crippen molar-refractivity contribution in [2.75, 3.05) is 5.32 Å². The van der Waals surface area contributed by atoms with E-state index in [9.17, 15) is 4.79 Å². The van der Waals surface area contributed by atoms with Crippen LogP contribution in [-0.4, -0.2) is 21.9 Å². The summed E-state index contributed by atoms with van der Waals surface area (Å²) in [6, 6.07) is 1.03. The van der Waals surface area contributed by atoms with Gasteiger partial charge in [0.25, 0.3) is 0 Å². The topological polar surface area (TPSA) is 80.9 Å². The van der Waals surface area contributed by atoms with Gasteiger partial charge in [0.15, 0.2) is 0 Å². The molecule has 0 fully saturated rings. The van der Waals surface area contributed by atoms with E-state index in [-0.39, 0.29) is 11.2 Å². The quantitative estimate of drug-likeness (QED) is 0.783. The zero-order chi connectivity index (χ0) is 12.1. The molecule has 0 unspecified atom stereocenters. The van der Waals surface area contributed by atoms with Gasteiger partial charge in [-0.15, -0.1) is 0 Å². The number of amides is 1. The standard InChI is InChI=1S/C10H15ClN4O/c1-6(2)5-7(12)9(16)14-8-3-4-13-10(11)15-8/h3-4,6-7H,5,12H2,1-2H3,(H,13,14,15,16)/t7-/m0/s1. The molecule has 1 heterocycles. The fraction of sp³-hybridized carbons (Fsp3) is 0.500. The second-order valence-corrected chi connectivity index (χ2v) is 4.27. The highest BCUT2D eigenvalue weighted by molar-refractivity contribution is 6.28. The van der Waals surface area contributed by atoms with Crippen molar-refractivity contribution in [3.8, 4) is 0 Å². The minimum atomic E-state index is -0.534. The predicted octanol–water partition coefficient (Wildman–Crippen LogP) is 1.44. The Morgan fingerprint density at radius 1 is 1.62 bits per heavy atom. The van der Waals surface area contributed by atoms with Crippen molar-refractivity contribution in [2.24, 2.45) is 11.7 Å². The van der Waals surface area contributed by atoms with E-state index in [2.05, 4.69) is 15.3 Å². The van der Waals surface area contributed by atoms with Crippen LogP contribution >= 0.6 is 11.6 Å². The molecule has 0 bridgehead atoms. The molecule has 1 aromatic heterocycles. The van der Waals surface area contributed by atoms with Crippen LogP contribution in [0.5, 0.6) is 0 Å². The van der Waals surface area contributed by atoms with Crippen molar-refractivity contribution in [2.45, 2.75) is 26.3 Å². The van der Waals surface area contributed by atoms with Crippen molar-refractivity contribution in [3.63, 3.8) is 0 Å². The number of nitrogens with zero attached hydrogens (tertiary/aromatic N) is 2. The first kappa shape index (κ1) is 12.9. The highest BCUT2D eigenvalue weighted by Gasteiger charge is 2.15. The molecule has 1 atom stereocenters. The maximum Gasteiger partial charge on any atom is 0.242 e. The summed E-state index contributed by atoms with van der Waals surface area (Å²) < 4.78 is 0. The molecule has 1 rings (SSSR count).